The van der Waals surface area contributed by atoms with E-state index in [4.69, 9.17) is 11.6 Å². The van der Waals surface area contributed by atoms with Gasteiger partial charge in [0.25, 0.3) is 0 Å². The number of pyridine rings is 1. The van der Waals surface area contributed by atoms with E-state index in [0.29, 0.717) is 10.7 Å². The summed E-state index contributed by atoms with van der Waals surface area (Å²) in [6.07, 6.45) is 1.44. The molecule has 0 aliphatic rings. The Labute approximate surface area is 122 Å². The largest absolute Gasteiger partial charge is 0.243 e. The zero-order valence-corrected chi connectivity index (χ0v) is 12.1. The van der Waals surface area contributed by atoms with Crippen LogP contribution in [0.1, 0.15) is 0 Å². The third-order valence-corrected chi connectivity index (χ3v) is 3.51. The van der Waals surface area contributed by atoms with Crippen molar-refractivity contribution < 1.29 is 0 Å². The van der Waals surface area contributed by atoms with Crippen molar-refractivity contribution in [3.05, 3.63) is 51.4 Å². The van der Waals surface area contributed by atoms with Crippen molar-refractivity contribution in [2.45, 2.75) is 0 Å². The van der Waals surface area contributed by atoms with E-state index < -0.39 is 0 Å². The van der Waals surface area contributed by atoms with Crippen molar-refractivity contribution in [2.75, 3.05) is 0 Å². The van der Waals surface area contributed by atoms with Crippen molar-refractivity contribution >= 4 is 45.2 Å². The van der Waals surface area contributed by atoms with Crippen molar-refractivity contribution in [1.29, 1.82) is 0 Å². The van der Waals surface area contributed by atoms with Crippen molar-refractivity contribution in [2.24, 2.45) is 0 Å². The van der Waals surface area contributed by atoms with Gasteiger partial charge in [0.2, 0.25) is 0 Å². The molecule has 3 nitrogen and oxygen atoms in total. The summed E-state index contributed by atoms with van der Waals surface area (Å²) in [6.45, 7) is 0. The van der Waals surface area contributed by atoms with Gasteiger partial charge in [-0.3, -0.25) is 0 Å². The summed E-state index contributed by atoms with van der Waals surface area (Å²) in [5.74, 6) is 0. The molecule has 0 bridgehead atoms. The molecular weight excluding hydrogens is 361 g/mol. The topological polar surface area (TPSA) is 38.7 Å². The molecule has 2 heterocycles. The number of benzene rings is 1. The fraction of sp³-hybridized carbons (Fsp3) is 0. The van der Waals surface area contributed by atoms with E-state index in [2.05, 4.69) is 43.6 Å². The quantitative estimate of drug-likeness (QED) is 0.483. The summed E-state index contributed by atoms with van der Waals surface area (Å²) in [5.41, 5.74) is 3.32. The molecule has 0 aliphatic heterocycles. The summed E-state index contributed by atoms with van der Waals surface area (Å²) in [4.78, 5) is 12.6. The Kier molecular flexibility index (Phi) is 3.13. The van der Waals surface area contributed by atoms with E-state index in [0.717, 1.165) is 16.8 Å². The third kappa shape index (κ3) is 2.18. The van der Waals surface area contributed by atoms with Crippen molar-refractivity contribution in [3.63, 3.8) is 0 Å². The second-order valence-electron chi connectivity index (χ2n) is 3.74. The molecule has 0 saturated carbocycles. The summed E-state index contributed by atoms with van der Waals surface area (Å²) in [6, 6.07) is 12.0. The van der Waals surface area contributed by atoms with Gasteiger partial charge in [0.05, 0.1) is 11.2 Å². The molecule has 88 valence electrons. The van der Waals surface area contributed by atoms with Crippen molar-refractivity contribution in [1.82, 2.24) is 15.0 Å². The van der Waals surface area contributed by atoms with E-state index in [1.807, 2.05) is 30.3 Å². The molecule has 18 heavy (non-hydrogen) atoms. The maximum Gasteiger partial charge on any atom is 0.158 e. The molecule has 0 amide bonds. The third-order valence-electron chi connectivity index (χ3n) is 2.56. The molecule has 0 spiro atoms. The molecule has 0 fully saturated rings. The second-order valence-corrected chi connectivity index (χ2v) is 5.34. The molecule has 2 aromatic heterocycles. The number of halogens is 2. The fourth-order valence-electron chi connectivity index (χ4n) is 1.72. The van der Waals surface area contributed by atoms with Gasteiger partial charge >= 0.3 is 0 Å². The van der Waals surface area contributed by atoms with Gasteiger partial charge in [-0.2, -0.15) is 0 Å². The molecule has 0 radical (unpaired) electrons. The average Bonchev–Trinajstić information content (AvgIpc) is 2.39. The van der Waals surface area contributed by atoms with Gasteiger partial charge in [0.15, 0.2) is 5.15 Å². The van der Waals surface area contributed by atoms with Gasteiger partial charge in [-0.15, -0.1) is 0 Å². The molecule has 0 atom stereocenters. The van der Waals surface area contributed by atoms with Gasteiger partial charge < -0.3 is 0 Å². The first-order valence-corrected chi connectivity index (χ1v) is 6.73. The highest BCUT2D eigenvalue weighted by Crippen LogP contribution is 2.24. The van der Waals surface area contributed by atoms with E-state index in [-0.39, 0.29) is 0 Å². The summed E-state index contributed by atoms with van der Waals surface area (Å²) < 4.78 is 1.17. The predicted octanol–water partition coefficient (Wildman–Crippen LogP) is 3.95. The van der Waals surface area contributed by atoms with Crippen LogP contribution >= 0.6 is 34.2 Å². The van der Waals surface area contributed by atoms with E-state index in [9.17, 15) is 0 Å². The molecule has 0 saturated heterocycles. The Morgan fingerprint density at radius 3 is 2.78 bits per heavy atom. The molecule has 1 aromatic carbocycles. The number of hydrogen-bond acceptors (Lipinski definition) is 3. The smallest absolute Gasteiger partial charge is 0.158 e. The lowest BCUT2D eigenvalue weighted by molar-refractivity contribution is 1.20. The standard InChI is InChI=1S/C13H7ClIN3/c14-13-12-11(16-7-17-13)5-4-10(18-12)8-2-1-3-9(15)6-8/h1-7H. The molecular formula is C13H7ClIN3. The molecule has 5 heteroatoms. The zero-order chi connectivity index (χ0) is 12.5. The normalized spacial score (nSPS) is 10.8. The van der Waals surface area contributed by atoms with Crippen LogP contribution in [0.5, 0.6) is 0 Å². The first kappa shape index (κ1) is 11.8. The number of rotatable bonds is 1. The fourth-order valence-corrected chi connectivity index (χ4v) is 2.45. The van der Waals surface area contributed by atoms with E-state index >= 15 is 0 Å². The predicted molar refractivity (Wildman–Crippen MR) is 80.5 cm³/mol. The highest BCUT2D eigenvalue weighted by atomic mass is 127. The second kappa shape index (κ2) is 4.78. The minimum Gasteiger partial charge on any atom is -0.243 e. The lowest BCUT2D eigenvalue weighted by Crippen LogP contribution is -1.90. The van der Waals surface area contributed by atoms with Crippen LogP contribution < -0.4 is 0 Å². The highest BCUT2D eigenvalue weighted by molar-refractivity contribution is 14.1. The molecule has 0 aliphatic carbocycles. The molecule has 3 aromatic rings. The van der Waals surface area contributed by atoms with Crippen LogP contribution in [0.2, 0.25) is 5.15 Å². The van der Waals surface area contributed by atoms with Crippen LogP contribution in [0.15, 0.2) is 42.7 Å². The zero-order valence-electron chi connectivity index (χ0n) is 9.14. The first-order valence-electron chi connectivity index (χ1n) is 5.27. The summed E-state index contributed by atoms with van der Waals surface area (Å²) in [7, 11) is 0. The molecule has 0 N–H and O–H groups in total. The number of nitrogens with zero attached hydrogens (tertiary/aromatic N) is 3. The number of fused-ring (bicyclic) bond motifs is 1. The Balaban J connectivity index is 2.22. The SMILES string of the molecule is Clc1ncnc2ccc(-c3cccc(I)c3)nc12. The average molecular weight is 368 g/mol. The summed E-state index contributed by atoms with van der Waals surface area (Å²) in [5, 5.41) is 0.382. The van der Waals surface area contributed by atoms with E-state index in [1.54, 1.807) is 0 Å². The lowest BCUT2D eigenvalue weighted by Gasteiger charge is -2.04. The molecule has 0 unspecified atom stereocenters. The van der Waals surface area contributed by atoms with Gasteiger partial charge in [-0.05, 0) is 46.9 Å². The Morgan fingerprint density at radius 1 is 1.06 bits per heavy atom. The van der Waals surface area contributed by atoms with Gasteiger partial charge in [0.1, 0.15) is 11.8 Å². The minimum absolute atomic E-state index is 0.382. The van der Waals surface area contributed by atoms with Crippen LogP contribution in [0.3, 0.4) is 0 Å². The van der Waals surface area contributed by atoms with Crippen molar-refractivity contribution in [3.8, 4) is 11.3 Å². The van der Waals surface area contributed by atoms with Gasteiger partial charge in [-0.1, -0.05) is 23.7 Å². The van der Waals surface area contributed by atoms with Gasteiger partial charge in [0, 0.05) is 9.13 Å². The number of aromatic nitrogens is 3. The maximum atomic E-state index is 6.03. The van der Waals surface area contributed by atoms with Crippen LogP contribution in [-0.4, -0.2) is 15.0 Å². The molecule has 3 rings (SSSR count). The van der Waals surface area contributed by atoms with Crippen LogP contribution in [0.4, 0.5) is 0 Å². The Morgan fingerprint density at radius 2 is 1.94 bits per heavy atom. The summed E-state index contributed by atoms with van der Waals surface area (Å²) >= 11 is 8.31. The highest BCUT2D eigenvalue weighted by Gasteiger charge is 2.06. The van der Waals surface area contributed by atoms with E-state index in [1.165, 1.54) is 9.90 Å². The minimum atomic E-state index is 0.382. The number of hydrogen-bond donors (Lipinski definition) is 0. The lowest BCUT2D eigenvalue weighted by atomic mass is 10.1. The Bertz CT molecular complexity index is 730. The van der Waals surface area contributed by atoms with Crippen LogP contribution in [-0.2, 0) is 0 Å². The van der Waals surface area contributed by atoms with Crippen LogP contribution in [0, 0.1) is 3.57 Å². The van der Waals surface area contributed by atoms with Gasteiger partial charge in [-0.25, -0.2) is 15.0 Å². The Hall–Kier alpha value is -1.27. The maximum absolute atomic E-state index is 6.03. The first-order chi connectivity index (χ1) is 8.74. The monoisotopic (exact) mass is 367 g/mol. The van der Waals surface area contributed by atoms with Crippen LogP contribution in [0.25, 0.3) is 22.3 Å².